The van der Waals surface area contributed by atoms with Crippen molar-refractivity contribution in [3.05, 3.63) is 60.2 Å². The molecule has 1 unspecified atom stereocenters. The number of hydrogen-bond donors (Lipinski definition) is 1. The zero-order valence-electron chi connectivity index (χ0n) is 14.8. The Labute approximate surface area is 150 Å². The summed E-state index contributed by atoms with van der Waals surface area (Å²) in [4.78, 5) is 9.85. The van der Waals surface area contributed by atoms with Crippen LogP contribution in [0.4, 0.5) is 0 Å². The first-order valence-corrected chi connectivity index (χ1v) is 10.4. The molecule has 2 rings (SSSR count). The van der Waals surface area contributed by atoms with Crippen LogP contribution in [-0.2, 0) is 11.0 Å². The van der Waals surface area contributed by atoms with Gasteiger partial charge in [0.2, 0.25) is 0 Å². The molecule has 0 aromatic heterocycles. The van der Waals surface area contributed by atoms with E-state index in [-0.39, 0.29) is 0 Å². The second kappa shape index (κ2) is 10.3. The molecule has 0 aliphatic rings. The molecular formula is C20H27O4P. The summed E-state index contributed by atoms with van der Waals surface area (Å²) < 4.78 is 22.2. The first kappa shape index (κ1) is 19.6. The molecule has 0 amide bonds. The van der Waals surface area contributed by atoms with Gasteiger partial charge in [0.25, 0.3) is 0 Å². The topological polar surface area (TPSA) is 55.8 Å². The van der Waals surface area contributed by atoms with Gasteiger partial charge in [-0.05, 0) is 42.7 Å². The molecule has 136 valence electrons. The third-order valence-corrected chi connectivity index (χ3v) is 4.81. The highest BCUT2D eigenvalue weighted by Crippen LogP contribution is 2.44. The lowest BCUT2D eigenvalue weighted by Gasteiger charge is -2.14. The minimum atomic E-state index is -4.19. The largest absolute Gasteiger partial charge is 0.584 e. The van der Waals surface area contributed by atoms with Gasteiger partial charge >= 0.3 is 7.82 Å². The number of unbranched alkanes of at least 4 members (excludes halogenated alkanes) is 5. The van der Waals surface area contributed by atoms with Gasteiger partial charge in [0, 0.05) is 0 Å². The number of hydrogen-bond acceptors (Lipinski definition) is 3. The van der Waals surface area contributed by atoms with Gasteiger partial charge in [-0.15, -0.1) is 0 Å². The number of phosphoric acid groups is 1. The number of aryl methyl sites for hydroxylation is 1. The molecule has 4 nitrogen and oxygen atoms in total. The zero-order chi connectivity index (χ0) is 18.0. The van der Waals surface area contributed by atoms with Crippen LogP contribution in [0, 0.1) is 0 Å². The van der Waals surface area contributed by atoms with Crippen molar-refractivity contribution in [2.24, 2.45) is 0 Å². The van der Waals surface area contributed by atoms with Crippen LogP contribution in [0.15, 0.2) is 54.6 Å². The molecule has 0 radical (unpaired) electrons. The summed E-state index contributed by atoms with van der Waals surface area (Å²) in [5, 5.41) is 0. The van der Waals surface area contributed by atoms with E-state index in [0.29, 0.717) is 11.5 Å². The molecule has 0 aliphatic heterocycles. The quantitative estimate of drug-likeness (QED) is 0.385. The molecule has 25 heavy (non-hydrogen) atoms. The van der Waals surface area contributed by atoms with Gasteiger partial charge in [0.1, 0.15) is 11.5 Å². The average Bonchev–Trinajstić information content (AvgIpc) is 2.59. The standard InChI is InChI=1S/C20H27O4P/c1-2-3-4-5-6-8-11-18-14-16-20(17-15-18)24-25(21,22)23-19-12-9-7-10-13-19/h7,9-10,12-17H,2-6,8,11H2,1H3,(H,21,22). The number of rotatable bonds is 11. The first-order valence-electron chi connectivity index (χ1n) is 8.95. The maximum absolute atomic E-state index is 12.0. The van der Waals surface area contributed by atoms with E-state index < -0.39 is 7.82 Å². The van der Waals surface area contributed by atoms with Crippen LogP contribution in [0.2, 0.25) is 0 Å². The van der Waals surface area contributed by atoms with Crippen molar-refractivity contribution in [2.45, 2.75) is 51.9 Å². The fourth-order valence-corrected chi connectivity index (χ4v) is 3.41. The lowest BCUT2D eigenvalue weighted by atomic mass is 10.1. The highest BCUT2D eigenvalue weighted by Gasteiger charge is 2.24. The van der Waals surface area contributed by atoms with Crippen molar-refractivity contribution in [3.63, 3.8) is 0 Å². The second-order valence-electron chi connectivity index (χ2n) is 6.13. The van der Waals surface area contributed by atoms with E-state index in [2.05, 4.69) is 6.92 Å². The molecule has 0 saturated heterocycles. The van der Waals surface area contributed by atoms with Gasteiger partial charge in [-0.3, -0.25) is 4.89 Å². The predicted octanol–water partition coefficient (Wildman–Crippen LogP) is 6.15. The van der Waals surface area contributed by atoms with Crippen LogP contribution in [0.1, 0.15) is 51.0 Å². The highest BCUT2D eigenvalue weighted by molar-refractivity contribution is 7.48. The Morgan fingerprint density at radius 3 is 2.00 bits per heavy atom. The van der Waals surface area contributed by atoms with Gasteiger partial charge in [-0.2, -0.15) is 0 Å². The van der Waals surface area contributed by atoms with E-state index in [1.807, 2.05) is 12.1 Å². The van der Waals surface area contributed by atoms with Crippen LogP contribution in [-0.4, -0.2) is 4.89 Å². The molecule has 0 heterocycles. The van der Waals surface area contributed by atoms with E-state index in [0.717, 1.165) is 6.42 Å². The van der Waals surface area contributed by atoms with Crippen LogP contribution in [0.25, 0.3) is 0 Å². The number of benzene rings is 2. The molecule has 2 aromatic carbocycles. The highest BCUT2D eigenvalue weighted by atomic mass is 31.2. The molecular weight excluding hydrogens is 335 g/mol. The van der Waals surface area contributed by atoms with Crippen molar-refractivity contribution in [1.29, 1.82) is 0 Å². The van der Waals surface area contributed by atoms with Gasteiger partial charge < -0.3 is 9.05 Å². The molecule has 0 spiro atoms. The van der Waals surface area contributed by atoms with E-state index in [4.69, 9.17) is 9.05 Å². The Hall–Kier alpha value is -1.77. The van der Waals surface area contributed by atoms with Crippen LogP contribution < -0.4 is 9.05 Å². The minimum Gasteiger partial charge on any atom is -0.395 e. The maximum Gasteiger partial charge on any atom is 0.584 e. The first-order chi connectivity index (χ1) is 12.1. The lowest BCUT2D eigenvalue weighted by Crippen LogP contribution is -1.99. The van der Waals surface area contributed by atoms with Crippen molar-refractivity contribution in [2.75, 3.05) is 0 Å². The molecule has 0 bridgehead atoms. The third-order valence-electron chi connectivity index (χ3n) is 3.93. The second-order valence-corrected chi connectivity index (χ2v) is 7.43. The SMILES string of the molecule is CCCCCCCCc1ccc(OP(=O)(O)Oc2ccccc2)cc1. The molecule has 5 heteroatoms. The predicted molar refractivity (Wildman–Crippen MR) is 101 cm³/mol. The van der Waals surface area contributed by atoms with Crippen molar-refractivity contribution < 1.29 is 18.5 Å². The van der Waals surface area contributed by atoms with Crippen molar-refractivity contribution in [3.8, 4) is 11.5 Å². The van der Waals surface area contributed by atoms with E-state index in [1.54, 1.807) is 42.5 Å². The van der Waals surface area contributed by atoms with Crippen LogP contribution in [0.5, 0.6) is 11.5 Å². The summed E-state index contributed by atoms with van der Waals surface area (Å²) in [6.45, 7) is 2.22. The number of para-hydroxylation sites is 1. The fourth-order valence-electron chi connectivity index (χ4n) is 2.59. The van der Waals surface area contributed by atoms with Crippen molar-refractivity contribution in [1.82, 2.24) is 0 Å². The molecule has 0 fully saturated rings. The van der Waals surface area contributed by atoms with E-state index >= 15 is 0 Å². The molecule has 0 saturated carbocycles. The Kier molecular flexibility index (Phi) is 8.03. The molecule has 2 aromatic rings. The summed E-state index contributed by atoms with van der Waals surface area (Å²) in [5.41, 5.74) is 1.21. The maximum atomic E-state index is 12.0. The van der Waals surface area contributed by atoms with Crippen LogP contribution >= 0.6 is 7.82 Å². The summed E-state index contributed by atoms with van der Waals surface area (Å²) in [7, 11) is -4.19. The molecule has 1 N–H and O–H groups in total. The molecule has 0 aliphatic carbocycles. The van der Waals surface area contributed by atoms with Gasteiger partial charge in [0.15, 0.2) is 0 Å². The van der Waals surface area contributed by atoms with Gasteiger partial charge in [-0.1, -0.05) is 69.4 Å². The smallest absolute Gasteiger partial charge is 0.395 e. The normalized spacial score (nSPS) is 13.2. The number of phosphoric ester groups is 1. The lowest BCUT2D eigenvalue weighted by molar-refractivity contribution is 0.291. The Balaban J connectivity index is 1.78. The Bertz CT molecular complexity index is 655. The third kappa shape index (κ3) is 7.76. The minimum absolute atomic E-state index is 0.299. The van der Waals surface area contributed by atoms with Gasteiger partial charge in [0.05, 0.1) is 0 Å². The zero-order valence-corrected chi connectivity index (χ0v) is 15.7. The Morgan fingerprint density at radius 1 is 0.800 bits per heavy atom. The van der Waals surface area contributed by atoms with E-state index in [1.165, 1.54) is 44.1 Å². The monoisotopic (exact) mass is 362 g/mol. The van der Waals surface area contributed by atoms with Crippen molar-refractivity contribution >= 4 is 7.82 Å². The average molecular weight is 362 g/mol. The summed E-state index contributed by atoms with van der Waals surface area (Å²) in [6.07, 6.45) is 8.62. The van der Waals surface area contributed by atoms with Crippen LogP contribution in [0.3, 0.4) is 0 Å². The fraction of sp³-hybridized carbons (Fsp3) is 0.400. The van der Waals surface area contributed by atoms with Gasteiger partial charge in [-0.25, -0.2) is 4.57 Å². The van der Waals surface area contributed by atoms with E-state index in [9.17, 15) is 9.46 Å². The summed E-state index contributed by atoms with van der Waals surface area (Å²) >= 11 is 0. The Morgan fingerprint density at radius 2 is 1.36 bits per heavy atom. The summed E-state index contributed by atoms with van der Waals surface area (Å²) in [5.74, 6) is 0.626. The summed E-state index contributed by atoms with van der Waals surface area (Å²) in [6, 6.07) is 15.8. The molecule has 1 atom stereocenters.